The first kappa shape index (κ1) is 27.5. The summed E-state index contributed by atoms with van der Waals surface area (Å²) >= 11 is 1.73. The third-order valence-electron chi connectivity index (χ3n) is 8.28. The molecule has 2 unspecified atom stereocenters. The Hall–Kier alpha value is -3.06. The van der Waals surface area contributed by atoms with Gasteiger partial charge in [0, 0.05) is 36.5 Å². The third-order valence-corrected chi connectivity index (χ3v) is 9.68. The number of piperidine rings is 1. The first-order valence-electron chi connectivity index (χ1n) is 14.2. The van der Waals surface area contributed by atoms with Crippen LogP contribution in [0, 0.1) is 12.8 Å². The van der Waals surface area contributed by atoms with Gasteiger partial charge in [-0.15, -0.1) is 11.8 Å². The molecule has 2 heterocycles. The number of nitrogens with zero attached hydrogens (tertiary/aromatic N) is 2. The van der Waals surface area contributed by atoms with E-state index >= 15 is 0 Å². The average Bonchev–Trinajstić information content (AvgIpc) is 2.96. The minimum Gasteiger partial charge on any atom is -0.466 e. The molecule has 1 saturated carbocycles. The number of carbonyl (C=O) groups is 3. The zero-order valence-electron chi connectivity index (χ0n) is 22.9. The molecule has 2 aromatic rings. The third kappa shape index (κ3) is 6.24. The van der Waals surface area contributed by atoms with Gasteiger partial charge in [0.05, 0.1) is 17.4 Å². The summed E-state index contributed by atoms with van der Waals surface area (Å²) in [6.07, 6.45) is 7.84. The molecule has 2 aromatic carbocycles. The van der Waals surface area contributed by atoms with Gasteiger partial charge in [-0.3, -0.25) is 14.4 Å². The Kier molecular flexibility index (Phi) is 8.75. The monoisotopic (exact) mass is 546 g/mol. The number of benzene rings is 2. The SMILES string of the molecule is CCOC(=O)C1CCN(C(=O)c2ccc(/C=C3/SC4CCCCC4N(Cc4ccccc4C)C3=O)cc2)CC1. The number of fused-ring (bicyclic) bond motifs is 1. The first-order chi connectivity index (χ1) is 18.9. The Morgan fingerprint density at radius 2 is 1.72 bits per heavy atom. The molecule has 2 aliphatic heterocycles. The molecule has 7 heteroatoms. The summed E-state index contributed by atoms with van der Waals surface area (Å²) in [7, 11) is 0. The zero-order chi connectivity index (χ0) is 27.4. The number of rotatable bonds is 6. The van der Waals surface area contributed by atoms with Gasteiger partial charge < -0.3 is 14.5 Å². The van der Waals surface area contributed by atoms with E-state index in [0.29, 0.717) is 49.9 Å². The highest BCUT2D eigenvalue weighted by Gasteiger charge is 2.40. The Labute approximate surface area is 235 Å². The Morgan fingerprint density at radius 3 is 2.44 bits per heavy atom. The van der Waals surface area contributed by atoms with Gasteiger partial charge in [0.25, 0.3) is 11.8 Å². The predicted octanol–water partition coefficient (Wildman–Crippen LogP) is 5.84. The molecule has 206 valence electrons. The Bertz CT molecular complexity index is 1230. The minimum absolute atomic E-state index is 0.0194. The second-order valence-electron chi connectivity index (χ2n) is 10.8. The summed E-state index contributed by atoms with van der Waals surface area (Å²) < 4.78 is 5.14. The zero-order valence-corrected chi connectivity index (χ0v) is 23.8. The van der Waals surface area contributed by atoms with E-state index in [1.807, 2.05) is 54.3 Å². The molecule has 0 bridgehead atoms. The van der Waals surface area contributed by atoms with Gasteiger partial charge in [0.1, 0.15) is 0 Å². The summed E-state index contributed by atoms with van der Waals surface area (Å²) in [6.45, 7) is 6.06. The molecule has 2 saturated heterocycles. The van der Waals surface area contributed by atoms with Gasteiger partial charge >= 0.3 is 5.97 Å². The van der Waals surface area contributed by atoms with Crippen LogP contribution in [0.5, 0.6) is 0 Å². The molecular weight excluding hydrogens is 508 g/mol. The van der Waals surface area contributed by atoms with Crippen LogP contribution in [0.1, 0.15) is 72.5 Å². The Balaban J connectivity index is 1.28. The van der Waals surface area contributed by atoms with E-state index in [-0.39, 0.29) is 29.7 Å². The van der Waals surface area contributed by atoms with Gasteiger partial charge in [-0.1, -0.05) is 49.2 Å². The van der Waals surface area contributed by atoms with Crippen LogP contribution >= 0.6 is 11.8 Å². The lowest BCUT2D eigenvalue weighted by molar-refractivity contribution is -0.149. The number of likely N-dealkylation sites (tertiary alicyclic amines) is 1. The molecule has 3 fully saturated rings. The molecule has 5 rings (SSSR count). The molecular formula is C32H38N2O4S. The minimum atomic E-state index is -0.158. The quantitative estimate of drug-likeness (QED) is 0.337. The first-order valence-corrected chi connectivity index (χ1v) is 15.1. The molecule has 0 aromatic heterocycles. The van der Waals surface area contributed by atoms with Crippen molar-refractivity contribution in [2.45, 2.75) is 70.2 Å². The fourth-order valence-electron chi connectivity index (χ4n) is 5.97. The molecule has 2 atom stereocenters. The Morgan fingerprint density at radius 1 is 1.00 bits per heavy atom. The van der Waals surface area contributed by atoms with Crippen LogP contribution in [0.25, 0.3) is 6.08 Å². The van der Waals surface area contributed by atoms with Gasteiger partial charge in [0.2, 0.25) is 0 Å². The van der Waals surface area contributed by atoms with Gasteiger partial charge in [-0.05, 0) is 74.4 Å². The number of hydrogen-bond donors (Lipinski definition) is 0. The topological polar surface area (TPSA) is 66.9 Å². The van der Waals surface area contributed by atoms with Crippen molar-refractivity contribution in [2.24, 2.45) is 5.92 Å². The second kappa shape index (κ2) is 12.4. The fraction of sp³-hybridized carbons (Fsp3) is 0.469. The van der Waals surface area contributed by atoms with E-state index in [1.54, 1.807) is 11.8 Å². The maximum Gasteiger partial charge on any atom is 0.309 e. The largest absolute Gasteiger partial charge is 0.466 e. The number of aryl methyl sites for hydroxylation is 1. The van der Waals surface area contributed by atoms with Crippen molar-refractivity contribution in [1.29, 1.82) is 0 Å². The highest BCUT2D eigenvalue weighted by molar-refractivity contribution is 8.04. The standard InChI is InChI=1S/C32H38N2O4S/c1-3-38-32(37)25-16-18-33(19-17-25)30(35)24-14-12-23(13-15-24)20-29-31(36)34(21-26-9-5-4-8-22(26)2)27-10-6-7-11-28(27)39-29/h4-5,8-9,12-15,20,25,27-28H,3,6-7,10-11,16-19,21H2,1-2H3/b29-20+. The van der Waals surface area contributed by atoms with E-state index < -0.39 is 0 Å². The molecule has 39 heavy (non-hydrogen) atoms. The predicted molar refractivity (Wildman–Crippen MR) is 155 cm³/mol. The fourth-order valence-corrected chi connectivity index (χ4v) is 7.44. The highest BCUT2D eigenvalue weighted by Crippen LogP contribution is 2.43. The van der Waals surface area contributed by atoms with Gasteiger partial charge in [-0.2, -0.15) is 0 Å². The molecule has 0 radical (unpaired) electrons. The lowest BCUT2D eigenvalue weighted by Crippen LogP contribution is -2.50. The van der Waals surface area contributed by atoms with Crippen LogP contribution in [-0.2, 0) is 20.9 Å². The maximum absolute atomic E-state index is 13.7. The lowest BCUT2D eigenvalue weighted by atomic mass is 9.92. The van der Waals surface area contributed by atoms with Gasteiger partial charge in [0.15, 0.2) is 0 Å². The normalized spacial score (nSPS) is 23.0. The number of esters is 1. The number of amides is 2. The molecule has 3 aliphatic rings. The van der Waals surface area contributed by atoms with E-state index in [1.165, 1.54) is 24.0 Å². The van der Waals surface area contributed by atoms with Crippen LogP contribution in [-0.4, -0.2) is 58.6 Å². The van der Waals surface area contributed by atoms with Crippen molar-refractivity contribution in [3.8, 4) is 0 Å². The smallest absolute Gasteiger partial charge is 0.309 e. The van der Waals surface area contributed by atoms with Crippen LogP contribution in [0.15, 0.2) is 53.4 Å². The van der Waals surface area contributed by atoms with E-state index in [9.17, 15) is 14.4 Å². The van der Waals surface area contributed by atoms with Crippen LogP contribution in [0.2, 0.25) is 0 Å². The van der Waals surface area contributed by atoms with Crippen molar-refractivity contribution in [3.63, 3.8) is 0 Å². The molecule has 6 nitrogen and oxygen atoms in total. The van der Waals surface area contributed by atoms with E-state index in [4.69, 9.17) is 4.74 Å². The summed E-state index contributed by atoms with van der Waals surface area (Å²) in [5, 5.41) is 0.421. The van der Waals surface area contributed by atoms with Crippen molar-refractivity contribution in [2.75, 3.05) is 19.7 Å². The summed E-state index contributed by atoms with van der Waals surface area (Å²) in [5.74, 6) is -0.193. The van der Waals surface area contributed by atoms with E-state index in [0.717, 1.165) is 23.3 Å². The van der Waals surface area contributed by atoms with Crippen molar-refractivity contribution in [3.05, 3.63) is 75.7 Å². The van der Waals surface area contributed by atoms with Crippen molar-refractivity contribution >= 4 is 35.6 Å². The number of hydrogen-bond acceptors (Lipinski definition) is 5. The second-order valence-corrected chi connectivity index (χ2v) is 12.1. The van der Waals surface area contributed by atoms with Crippen LogP contribution < -0.4 is 0 Å². The molecule has 0 N–H and O–H groups in total. The summed E-state index contributed by atoms with van der Waals surface area (Å²) in [4.78, 5) is 43.5. The van der Waals surface area contributed by atoms with Crippen LogP contribution in [0.4, 0.5) is 0 Å². The molecule has 1 aliphatic carbocycles. The van der Waals surface area contributed by atoms with Crippen molar-refractivity contribution < 1.29 is 19.1 Å². The lowest BCUT2D eigenvalue weighted by Gasteiger charge is -2.44. The highest BCUT2D eigenvalue weighted by atomic mass is 32.2. The summed E-state index contributed by atoms with van der Waals surface area (Å²) in [5.41, 5.74) is 3.97. The average molecular weight is 547 g/mol. The molecule has 0 spiro atoms. The van der Waals surface area contributed by atoms with E-state index in [2.05, 4.69) is 24.0 Å². The van der Waals surface area contributed by atoms with Crippen molar-refractivity contribution in [1.82, 2.24) is 9.80 Å². The van der Waals surface area contributed by atoms with Crippen LogP contribution in [0.3, 0.4) is 0 Å². The van der Waals surface area contributed by atoms with Gasteiger partial charge in [-0.25, -0.2) is 0 Å². The number of thioether (sulfide) groups is 1. The summed E-state index contributed by atoms with van der Waals surface area (Å²) in [6, 6.07) is 16.2. The molecule has 2 amide bonds. The number of ether oxygens (including phenoxy) is 1. The number of carbonyl (C=O) groups excluding carboxylic acids is 3. The maximum atomic E-state index is 13.7.